The van der Waals surface area contributed by atoms with Crippen LogP contribution in [-0.2, 0) is 4.79 Å². The molecule has 1 fully saturated rings. The molecule has 0 bridgehead atoms. The number of hydrogen-bond acceptors (Lipinski definition) is 5. The predicted octanol–water partition coefficient (Wildman–Crippen LogP) is 5.01. The van der Waals surface area contributed by atoms with Crippen LogP contribution in [0.25, 0.3) is 16.8 Å². The van der Waals surface area contributed by atoms with Crippen LogP contribution in [0, 0.1) is 0 Å². The zero-order valence-corrected chi connectivity index (χ0v) is 20.6. The number of nitrogens with zero attached hydrogens (tertiary/aromatic N) is 4. The van der Waals surface area contributed by atoms with Gasteiger partial charge in [-0.25, -0.2) is 0 Å². The zero-order valence-electron chi connectivity index (χ0n) is 19.8. The molecule has 1 aliphatic heterocycles. The third-order valence-electron chi connectivity index (χ3n) is 6.23. The second kappa shape index (κ2) is 10.3. The first kappa shape index (κ1) is 23.6. The summed E-state index contributed by atoms with van der Waals surface area (Å²) in [5.74, 6) is 0.772. The average Bonchev–Trinajstić information content (AvgIpc) is 2.91. The third kappa shape index (κ3) is 4.97. The van der Waals surface area contributed by atoms with E-state index in [2.05, 4.69) is 5.10 Å². The van der Waals surface area contributed by atoms with Crippen LogP contribution in [0.3, 0.4) is 0 Å². The molecule has 1 aliphatic rings. The number of aromatic nitrogens is 2. The van der Waals surface area contributed by atoms with E-state index >= 15 is 0 Å². The predicted molar refractivity (Wildman–Crippen MR) is 141 cm³/mol. The van der Waals surface area contributed by atoms with Crippen LogP contribution in [-0.4, -0.2) is 46.8 Å². The Balaban J connectivity index is 1.50. The Kier molecular flexibility index (Phi) is 6.73. The molecule has 0 radical (unpaired) electrons. The maximum absolute atomic E-state index is 13.6. The first-order valence-electron chi connectivity index (χ1n) is 11.7. The van der Waals surface area contributed by atoms with E-state index in [0.717, 1.165) is 11.1 Å². The average molecular weight is 501 g/mol. The number of anilines is 1. The lowest BCUT2D eigenvalue weighted by molar-refractivity contribution is -0.129. The summed E-state index contributed by atoms with van der Waals surface area (Å²) in [6.45, 7) is 3.86. The van der Waals surface area contributed by atoms with E-state index < -0.39 is 0 Å². The molecule has 5 rings (SSSR count). The highest BCUT2D eigenvalue weighted by molar-refractivity contribution is 6.30. The summed E-state index contributed by atoms with van der Waals surface area (Å²) in [7, 11) is 0. The second-order valence-electron chi connectivity index (χ2n) is 8.54. The highest BCUT2D eigenvalue weighted by atomic mass is 35.5. The van der Waals surface area contributed by atoms with Crippen LogP contribution >= 0.6 is 11.6 Å². The maximum Gasteiger partial charge on any atom is 0.316 e. The summed E-state index contributed by atoms with van der Waals surface area (Å²) in [5.41, 5.74) is 2.96. The van der Waals surface area contributed by atoms with Gasteiger partial charge in [-0.2, -0.15) is 9.78 Å². The van der Waals surface area contributed by atoms with Gasteiger partial charge in [-0.05, 0) is 47.5 Å². The van der Waals surface area contributed by atoms with E-state index in [1.165, 1.54) is 4.68 Å². The smallest absolute Gasteiger partial charge is 0.316 e. The van der Waals surface area contributed by atoms with E-state index in [-0.39, 0.29) is 17.2 Å². The summed E-state index contributed by atoms with van der Waals surface area (Å²) in [4.78, 5) is 29.2. The molecule has 182 valence electrons. The monoisotopic (exact) mass is 500 g/mol. The van der Waals surface area contributed by atoms with Gasteiger partial charge in [0, 0.05) is 38.1 Å². The van der Waals surface area contributed by atoms with E-state index in [1.54, 1.807) is 42.3 Å². The van der Waals surface area contributed by atoms with Crippen molar-refractivity contribution in [3.05, 3.63) is 100 Å². The molecule has 0 unspecified atom stereocenters. The largest absolute Gasteiger partial charge is 0.449 e. The molecule has 2 heterocycles. The molecule has 3 aromatic carbocycles. The molecule has 1 saturated heterocycles. The Labute approximate surface area is 214 Å². The minimum absolute atomic E-state index is 0.0425. The number of rotatable bonds is 5. The van der Waals surface area contributed by atoms with Crippen LogP contribution in [0.1, 0.15) is 6.92 Å². The summed E-state index contributed by atoms with van der Waals surface area (Å²) in [6.07, 6.45) is 1.65. The highest BCUT2D eigenvalue weighted by Crippen LogP contribution is 2.31. The first-order valence-corrected chi connectivity index (χ1v) is 12.1. The van der Waals surface area contributed by atoms with Gasteiger partial charge in [0.1, 0.15) is 11.4 Å². The van der Waals surface area contributed by atoms with E-state index in [4.69, 9.17) is 16.3 Å². The minimum atomic E-state index is -0.379. The lowest BCUT2D eigenvalue weighted by Crippen LogP contribution is -2.48. The highest BCUT2D eigenvalue weighted by Gasteiger charge is 2.24. The van der Waals surface area contributed by atoms with Gasteiger partial charge in [0.15, 0.2) is 0 Å². The van der Waals surface area contributed by atoms with Crippen LogP contribution in [0.4, 0.5) is 5.69 Å². The van der Waals surface area contributed by atoms with E-state index in [0.29, 0.717) is 48.3 Å². The maximum atomic E-state index is 13.6. The van der Waals surface area contributed by atoms with E-state index in [1.807, 2.05) is 59.5 Å². The molecule has 7 nitrogen and oxygen atoms in total. The molecule has 0 spiro atoms. The van der Waals surface area contributed by atoms with E-state index in [9.17, 15) is 9.59 Å². The van der Waals surface area contributed by atoms with Crippen LogP contribution in [0.2, 0.25) is 5.02 Å². The lowest BCUT2D eigenvalue weighted by Gasteiger charge is -2.35. The van der Waals surface area contributed by atoms with Crippen molar-refractivity contribution >= 4 is 23.2 Å². The van der Waals surface area contributed by atoms with Crippen molar-refractivity contribution in [3.63, 3.8) is 0 Å². The molecule has 1 amide bonds. The standard InChI is InChI=1S/C28H25ClN4O3/c1-20(34)31-15-17-32(18-16-31)26-19-30-33(24-11-9-23(29)10-12-24)28(35)27(26)36-25-13-7-22(8-14-25)21-5-3-2-4-6-21/h2-14,19H,15-18H2,1H3. The number of carbonyl (C=O) groups is 1. The Morgan fingerprint density at radius 1 is 0.861 bits per heavy atom. The Morgan fingerprint density at radius 3 is 2.14 bits per heavy atom. The van der Waals surface area contributed by atoms with Crippen molar-refractivity contribution in [3.8, 4) is 28.3 Å². The van der Waals surface area contributed by atoms with Gasteiger partial charge in [-0.15, -0.1) is 0 Å². The SMILES string of the molecule is CC(=O)N1CCN(c2cnn(-c3ccc(Cl)cc3)c(=O)c2Oc2ccc(-c3ccccc3)cc2)CC1. The molecule has 8 heteroatoms. The topological polar surface area (TPSA) is 67.7 Å². The molecule has 4 aromatic rings. The molecule has 1 aromatic heterocycles. The van der Waals surface area contributed by atoms with Gasteiger partial charge in [0.25, 0.3) is 0 Å². The van der Waals surface area contributed by atoms with Crippen molar-refractivity contribution in [2.45, 2.75) is 6.92 Å². The Hall–Kier alpha value is -4.10. The van der Waals surface area contributed by atoms with Crippen molar-refractivity contribution in [2.75, 3.05) is 31.1 Å². The fraction of sp³-hybridized carbons (Fsp3) is 0.179. The molecule has 0 N–H and O–H groups in total. The normalized spacial score (nSPS) is 13.5. The van der Waals surface area contributed by atoms with Gasteiger partial charge in [0.2, 0.25) is 11.7 Å². The summed E-state index contributed by atoms with van der Waals surface area (Å²) >= 11 is 6.03. The number of benzene rings is 3. The number of piperazine rings is 1. The third-order valence-corrected chi connectivity index (χ3v) is 6.48. The number of halogens is 1. The fourth-order valence-corrected chi connectivity index (χ4v) is 4.37. The van der Waals surface area contributed by atoms with Gasteiger partial charge in [0.05, 0.1) is 11.9 Å². The van der Waals surface area contributed by atoms with Crippen molar-refractivity contribution in [1.29, 1.82) is 0 Å². The molecule has 0 aliphatic carbocycles. The van der Waals surface area contributed by atoms with Crippen molar-refractivity contribution < 1.29 is 9.53 Å². The van der Waals surface area contributed by atoms with Crippen LogP contribution in [0.5, 0.6) is 11.5 Å². The fourth-order valence-electron chi connectivity index (χ4n) is 4.24. The van der Waals surface area contributed by atoms with Crippen LogP contribution in [0.15, 0.2) is 89.9 Å². The Morgan fingerprint density at radius 2 is 1.50 bits per heavy atom. The van der Waals surface area contributed by atoms with Crippen LogP contribution < -0.4 is 15.2 Å². The number of amides is 1. The van der Waals surface area contributed by atoms with Crippen molar-refractivity contribution in [1.82, 2.24) is 14.7 Å². The molecule has 36 heavy (non-hydrogen) atoms. The minimum Gasteiger partial charge on any atom is -0.449 e. The number of carbonyl (C=O) groups excluding carboxylic acids is 1. The summed E-state index contributed by atoms with van der Waals surface area (Å²) in [6, 6.07) is 24.6. The summed E-state index contributed by atoms with van der Waals surface area (Å²) in [5, 5.41) is 4.99. The Bertz CT molecular complexity index is 1410. The quantitative estimate of drug-likeness (QED) is 0.385. The van der Waals surface area contributed by atoms with Gasteiger partial charge in [-0.1, -0.05) is 54.1 Å². The number of ether oxygens (including phenoxy) is 1. The van der Waals surface area contributed by atoms with Gasteiger partial charge >= 0.3 is 5.56 Å². The molecular weight excluding hydrogens is 476 g/mol. The lowest BCUT2D eigenvalue weighted by atomic mass is 10.1. The molecular formula is C28H25ClN4O3. The van der Waals surface area contributed by atoms with Crippen molar-refractivity contribution in [2.24, 2.45) is 0 Å². The first-order chi connectivity index (χ1) is 17.5. The zero-order chi connectivity index (χ0) is 25.1. The molecule has 0 saturated carbocycles. The second-order valence-corrected chi connectivity index (χ2v) is 8.97. The summed E-state index contributed by atoms with van der Waals surface area (Å²) < 4.78 is 7.53. The molecule has 0 atom stereocenters. The van der Waals surface area contributed by atoms with Gasteiger partial charge < -0.3 is 14.5 Å². The number of hydrogen-bond donors (Lipinski definition) is 0. The van der Waals surface area contributed by atoms with Gasteiger partial charge in [-0.3, -0.25) is 9.59 Å².